The minimum Gasteiger partial charge on any atom is -0.444 e. The molecule has 0 aliphatic rings. The number of halogens is 1. The van der Waals surface area contributed by atoms with Crippen LogP contribution in [0.5, 0.6) is 0 Å². The molecule has 3 aromatic carbocycles. The molecule has 2 amide bonds. The van der Waals surface area contributed by atoms with E-state index in [9.17, 15) is 9.59 Å². The third-order valence-electron chi connectivity index (χ3n) is 5.84. The van der Waals surface area contributed by atoms with Crippen LogP contribution < -0.4 is 10.6 Å². The number of carbonyl (C=O) groups is 2. The van der Waals surface area contributed by atoms with Crippen molar-refractivity contribution >= 4 is 29.3 Å². The van der Waals surface area contributed by atoms with Crippen molar-refractivity contribution in [3.05, 3.63) is 120 Å². The summed E-state index contributed by atoms with van der Waals surface area (Å²) in [6.45, 7) is 5.35. The second kappa shape index (κ2) is 11.9. The maximum atomic E-state index is 13.8. The van der Waals surface area contributed by atoms with Gasteiger partial charge >= 0.3 is 6.09 Å². The van der Waals surface area contributed by atoms with Gasteiger partial charge in [0.25, 0.3) is 0 Å². The lowest BCUT2D eigenvalue weighted by atomic mass is 9.84. The molecule has 4 rings (SSSR count). The van der Waals surface area contributed by atoms with E-state index in [1.165, 1.54) is 0 Å². The number of hydrogen-bond acceptors (Lipinski definition) is 4. The number of anilines is 1. The van der Waals surface area contributed by atoms with E-state index in [1.54, 1.807) is 45.3 Å². The number of amides is 2. The number of alkyl carbamates (subject to hydrolysis) is 1. The van der Waals surface area contributed by atoms with Crippen LogP contribution in [0.25, 0.3) is 11.1 Å². The second-order valence-corrected chi connectivity index (χ2v) is 10.3. The number of hydrogen-bond donors (Lipinski definition) is 2. The molecule has 2 N–H and O–H groups in total. The first-order valence-electron chi connectivity index (χ1n) is 12.3. The van der Waals surface area contributed by atoms with Gasteiger partial charge in [-0.1, -0.05) is 84.4 Å². The van der Waals surface area contributed by atoms with Gasteiger partial charge in [-0.05, 0) is 55.7 Å². The normalized spacial score (nSPS) is 12.0. The molecular weight excluding hydrogens is 498 g/mol. The Labute approximate surface area is 228 Å². The molecule has 1 aromatic heterocycles. The Morgan fingerprint density at radius 2 is 1.42 bits per heavy atom. The summed E-state index contributed by atoms with van der Waals surface area (Å²) in [4.78, 5) is 30.7. The molecule has 0 aliphatic carbocycles. The SMILES string of the molecule is CC(C)(C)OC(=O)N[C@H](C(=O)Nc1ccc(-c2ccncc2Cl)cc1)C(c1ccccc1)c1ccccc1. The highest BCUT2D eigenvalue weighted by atomic mass is 35.5. The number of pyridine rings is 1. The summed E-state index contributed by atoms with van der Waals surface area (Å²) in [7, 11) is 0. The first kappa shape index (κ1) is 26.9. The zero-order valence-electron chi connectivity index (χ0n) is 21.5. The van der Waals surface area contributed by atoms with E-state index in [1.807, 2.05) is 78.9 Å². The summed E-state index contributed by atoms with van der Waals surface area (Å²) in [6.07, 6.45) is 2.60. The number of ether oxygens (including phenoxy) is 1. The lowest BCUT2D eigenvalue weighted by molar-refractivity contribution is -0.118. The van der Waals surface area contributed by atoms with Crippen molar-refractivity contribution in [3.8, 4) is 11.1 Å². The number of nitrogens with one attached hydrogen (secondary N) is 2. The Morgan fingerprint density at radius 3 is 1.95 bits per heavy atom. The topological polar surface area (TPSA) is 80.3 Å². The zero-order valence-corrected chi connectivity index (χ0v) is 22.3. The Bertz CT molecular complexity index is 1330. The molecule has 1 heterocycles. The van der Waals surface area contributed by atoms with Gasteiger partial charge in [-0.25, -0.2) is 4.79 Å². The van der Waals surface area contributed by atoms with Crippen molar-refractivity contribution in [1.82, 2.24) is 10.3 Å². The number of nitrogens with zero attached hydrogens (tertiary/aromatic N) is 1. The molecule has 0 fully saturated rings. The van der Waals surface area contributed by atoms with Gasteiger partial charge < -0.3 is 15.4 Å². The van der Waals surface area contributed by atoms with E-state index in [0.29, 0.717) is 10.7 Å². The van der Waals surface area contributed by atoms with Crippen molar-refractivity contribution in [2.75, 3.05) is 5.32 Å². The summed E-state index contributed by atoms with van der Waals surface area (Å²) < 4.78 is 5.52. The molecule has 0 bridgehead atoms. The van der Waals surface area contributed by atoms with Crippen LogP contribution in [-0.4, -0.2) is 28.6 Å². The molecule has 194 valence electrons. The van der Waals surface area contributed by atoms with Crippen LogP contribution in [0.3, 0.4) is 0 Å². The molecule has 0 saturated heterocycles. The quantitative estimate of drug-likeness (QED) is 0.269. The highest BCUT2D eigenvalue weighted by Gasteiger charge is 2.34. The molecule has 1 atom stereocenters. The van der Waals surface area contributed by atoms with Crippen molar-refractivity contribution in [2.24, 2.45) is 0 Å². The Hall–Kier alpha value is -4.16. The predicted molar refractivity (Wildman–Crippen MR) is 151 cm³/mol. The van der Waals surface area contributed by atoms with Crippen LogP contribution in [0, 0.1) is 0 Å². The van der Waals surface area contributed by atoms with Gasteiger partial charge in [-0.15, -0.1) is 0 Å². The third kappa shape index (κ3) is 6.99. The Kier molecular flexibility index (Phi) is 8.44. The molecule has 7 heteroatoms. The van der Waals surface area contributed by atoms with Gasteiger partial charge in [-0.3, -0.25) is 9.78 Å². The third-order valence-corrected chi connectivity index (χ3v) is 6.14. The fraction of sp³-hybridized carbons (Fsp3) is 0.194. The summed E-state index contributed by atoms with van der Waals surface area (Å²) in [5.74, 6) is -0.830. The van der Waals surface area contributed by atoms with Crippen LogP contribution >= 0.6 is 11.6 Å². The van der Waals surface area contributed by atoms with Gasteiger partial charge in [0.1, 0.15) is 11.6 Å². The fourth-order valence-corrected chi connectivity index (χ4v) is 4.42. The first-order chi connectivity index (χ1) is 18.2. The van der Waals surface area contributed by atoms with Gasteiger partial charge in [0.15, 0.2) is 0 Å². The van der Waals surface area contributed by atoms with Crippen LogP contribution in [0.4, 0.5) is 10.5 Å². The van der Waals surface area contributed by atoms with E-state index in [4.69, 9.17) is 16.3 Å². The fourth-order valence-electron chi connectivity index (χ4n) is 4.20. The van der Waals surface area contributed by atoms with Gasteiger partial charge in [0.05, 0.1) is 5.02 Å². The van der Waals surface area contributed by atoms with Crippen LogP contribution in [0.2, 0.25) is 5.02 Å². The molecule has 0 saturated carbocycles. The van der Waals surface area contributed by atoms with Gasteiger partial charge in [-0.2, -0.15) is 0 Å². The Balaban J connectivity index is 1.66. The Morgan fingerprint density at radius 1 is 0.842 bits per heavy atom. The average Bonchev–Trinajstić information content (AvgIpc) is 2.89. The predicted octanol–water partition coefficient (Wildman–Crippen LogP) is 7.07. The zero-order chi connectivity index (χ0) is 27.1. The molecule has 38 heavy (non-hydrogen) atoms. The lowest BCUT2D eigenvalue weighted by Crippen LogP contribution is -2.49. The largest absolute Gasteiger partial charge is 0.444 e. The average molecular weight is 528 g/mol. The maximum Gasteiger partial charge on any atom is 0.408 e. The molecule has 6 nitrogen and oxygen atoms in total. The minimum absolute atomic E-state index is 0.372. The van der Waals surface area contributed by atoms with Crippen molar-refractivity contribution < 1.29 is 14.3 Å². The van der Waals surface area contributed by atoms with Crippen LogP contribution in [0.15, 0.2) is 103 Å². The maximum absolute atomic E-state index is 13.8. The molecule has 4 aromatic rings. The van der Waals surface area contributed by atoms with E-state index in [2.05, 4.69) is 15.6 Å². The smallest absolute Gasteiger partial charge is 0.408 e. The summed E-state index contributed by atoms with van der Waals surface area (Å²) >= 11 is 6.29. The summed E-state index contributed by atoms with van der Waals surface area (Å²) in [5.41, 5.74) is 3.38. The summed E-state index contributed by atoms with van der Waals surface area (Å²) in [5, 5.41) is 6.35. The van der Waals surface area contributed by atoms with Crippen LogP contribution in [-0.2, 0) is 9.53 Å². The number of aromatic nitrogens is 1. The summed E-state index contributed by atoms with van der Waals surface area (Å²) in [6, 6.07) is 27.5. The highest BCUT2D eigenvalue weighted by Crippen LogP contribution is 2.31. The van der Waals surface area contributed by atoms with Crippen LogP contribution in [0.1, 0.15) is 37.8 Å². The first-order valence-corrected chi connectivity index (χ1v) is 12.7. The highest BCUT2D eigenvalue weighted by molar-refractivity contribution is 6.33. The number of carbonyl (C=O) groups excluding carboxylic acids is 2. The van der Waals surface area contributed by atoms with E-state index in [0.717, 1.165) is 22.3 Å². The molecule has 0 aliphatic heterocycles. The van der Waals surface area contributed by atoms with Gasteiger partial charge in [0, 0.05) is 29.6 Å². The van der Waals surface area contributed by atoms with E-state index in [-0.39, 0.29) is 5.91 Å². The standard InChI is InChI=1S/C31H30ClN3O3/c1-31(2,3)38-30(37)35-28(27(22-10-6-4-7-11-22)23-12-8-5-9-13-23)29(36)34-24-16-14-21(15-17-24)25-18-19-33-20-26(25)32/h4-20,27-28H,1-3H3,(H,34,36)(H,35,37)/t28-/m0/s1. The second-order valence-electron chi connectivity index (χ2n) is 9.85. The van der Waals surface area contributed by atoms with Gasteiger partial charge in [0.2, 0.25) is 5.91 Å². The number of benzene rings is 3. The monoisotopic (exact) mass is 527 g/mol. The lowest BCUT2D eigenvalue weighted by Gasteiger charge is -2.29. The van der Waals surface area contributed by atoms with Crippen molar-refractivity contribution in [3.63, 3.8) is 0 Å². The van der Waals surface area contributed by atoms with Crippen molar-refractivity contribution in [1.29, 1.82) is 0 Å². The molecule has 0 radical (unpaired) electrons. The molecular formula is C31H30ClN3O3. The minimum atomic E-state index is -0.955. The molecule has 0 spiro atoms. The number of rotatable bonds is 7. The van der Waals surface area contributed by atoms with E-state index < -0.39 is 23.7 Å². The van der Waals surface area contributed by atoms with Crippen molar-refractivity contribution in [2.45, 2.75) is 38.3 Å². The van der Waals surface area contributed by atoms with E-state index >= 15 is 0 Å². The molecule has 0 unspecified atom stereocenters.